The fraction of sp³-hybridized carbons (Fsp3) is 0.632. The highest BCUT2D eigenvalue weighted by Gasteiger charge is 2.25. The molecule has 28 heavy (non-hydrogen) atoms. The van der Waals surface area contributed by atoms with E-state index in [9.17, 15) is 5.11 Å². The maximum atomic E-state index is 10.9. The van der Waals surface area contributed by atoms with Crippen molar-refractivity contribution in [1.82, 2.24) is 25.4 Å². The summed E-state index contributed by atoms with van der Waals surface area (Å²) in [5.41, 5.74) is -0.712. The van der Waals surface area contributed by atoms with Gasteiger partial charge in [0.1, 0.15) is 12.4 Å². The van der Waals surface area contributed by atoms with Gasteiger partial charge in [-0.2, -0.15) is 0 Å². The zero-order valence-corrected chi connectivity index (χ0v) is 20.4. The standard InChI is InChI=1S/C19H32N6OS.HI/c1-5-9-19(26,10-6-2)14-22-18(20-12-16-8-7-11-27-16)21-13-17-24-23-15(3)25(17)4;/h7-8,11,26H,5-6,9-10,12-14H2,1-4H3,(H2,20,21,22);1H. The molecule has 2 rings (SSSR count). The van der Waals surface area contributed by atoms with Gasteiger partial charge in [0.15, 0.2) is 11.8 Å². The van der Waals surface area contributed by atoms with E-state index in [1.807, 2.05) is 24.6 Å². The Balaban J connectivity index is 0.00000392. The van der Waals surface area contributed by atoms with Gasteiger partial charge in [-0.3, -0.25) is 0 Å². The van der Waals surface area contributed by atoms with E-state index < -0.39 is 5.60 Å². The van der Waals surface area contributed by atoms with Crippen molar-refractivity contribution in [2.75, 3.05) is 6.54 Å². The normalized spacial score (nSPS) is 12.0. The van der Waals surface area contributed by atoms with Crippen LogP contribution in [0.4, 0.5) is 0 Å². The number of aromatic nitrogens is 3. The number of aliphatic hydroxyl groups is 1. The number of aliphatic imine (C=N–C) groups is 1. The molecule has 2 aromatic rings. The summed E-state index contributed by atoms with van der Waals surface area (Å²) in [5, 5.41) is 27.9. The Labute approximate surface area is 189 Å². The molecule has 158 valence electrons. The third-order valence-electron chi connectivity index (χ3n) is 4.59. The number of hydrogen-bond donors (Lipinski definition) is 3. The Hall–Kier alpha value is -1.20. The summed E-state index contributed by atoms with van der Waals surface area (Å²) in [4.78, 5) is 5.89. The van der Waals surface area contributed by atoms with Gasteiger partial charge in [-0.1, -0.05) is 32.8 Å². The van der Waals surface area contributed by atoms with Gasteiger partial charge < -0.3 is 20.3 Å². The fourth-order valence-corrected chi connectivity index (χ4v) is 3.62. The van der Waals surface area contributed by atoms with Crippen LogP contribution >= 0.6 is 35.3 Å². The number of nitrogens with one attached hydrogen (secondary N) is 2. The van der Waals surface area contributed by atoms with Crippen molar-refractivity contribution in [1.29, 1.82) is 0 Å². The first-order valence-electron chi connectivity index (χ1n) is 9.59. The van der Waals surface area contributed by atoms with Gasteiger partial charge in [-0.15, -0.1) is 45.5 Å². The molecule has 0 saturated heterocycles. The van der Waals surface area contributed by atoms with Gasteiger partial charge >= 0.3 is 0 Å². The number of aryl methyl sites for hydroxylation is 1. The molecule has 0 aromatic carbocycles. The summed E-state index contributed by atoms with van der Waals surface area (Å²) in [5.74, 6) is 2.35. The van der Waals surface area contributed by atoms with Crippen LogP contribution in [0.3, 0.4) is 0 Å². The fourth-order valence-electron chi connectivity index (χ4n) is 2.98. The first-order chi connectivity index (χ1) is 13.0. The van der Waals surface area contributed by atoms with Crippen LogP contribution in [-0.4, -0.2) is 38.0 Å². The smallest absolute Gasteiger partial charge is 0.192 e. The SMILES string of the molecule is CCCC(O)(CCC)CNC(=NCc1nnc(C)n1C)NCc1cccs1.I. The monoisotopic (exact) mass is 520 g/mol. The Morgan fingerprint density at radius 3 is 2.50 bits per heavy atom. The highest BCUT2D eigenvalue weighted by atomic mass is 127. The minimum atomic E-state index is -0.712. The molecule has 0 bridgehead atoms. The van der Waals surface area contributed by atoms with Crippen LogP contribution in [0.25, 0.3) is 0 Å². The van der Waals surface area contributed by atoms with E-state index in [1.54, 1.807) is 11.3 Å². The number of halogens is 1. The minimum Gasteiger partial charge on any atom is -0.388 e. The van der Waals surface area contributed by atoms with E-state index in [4.69, 9.17) is 0 Å². The zero-order valence-electron chi connectivity index (χ0n) is 17.2. The van der Waals surface area contributed by atoms with Crippen molar-refractivity contribution in [3.63, 3.8) is 0 Å². The van der Waals surface area contributed by atoms with Crippen LogP contribution in [0.5, 0.6) is 0 Å². The number of guanidine groups is 1. The summed E-state index contributed by atoms with van der Waals surface area (Å²) >= 11 is 1.70. The number of hydrogen-bond acceptors (Lipinski definition) is 5. The minimum absolute atomic E-state index is 0. The van der Waals surface area contributed by atoms with Crippen molar-refractivity contribution >= 4 is 41.3 Å². The predicted molar refractivity (Wildman–Crippen MR) is 126 cm³/mol. The lowest BCUT2D eigenvalue weighted by Gasteiger charge is -2.28. The molecule has 0 saturated carbocycles. The van der Waals surface area contributed by atoms with Crippen molar-refractivity contribution in [3.8, 4) is 0 Å². The average molecular weight is 520 g/mol. The van der Waals surface area contributed by atoms with E-state index >= 15 is 0 Å². The first kappa shape index (κ1) is 24.8. The van der Waals surface area contributed by atoms with Crippen molar-refractivity contribution in [2.45, 2.75) is 65.1 Å². The number of rotatable bonds is 10. The van der Waals surface area contributed by atoms with Crippen LogP contribution in [0.2, 0.25) is 0 Å². The molecular weight excluding hydrogens is 487 g/mol. The number of thiophene rings is 1. The van der Waals surface area contributed by atoms with Crippen LogP contribution in [-0.2, 0) is 20.1 Å². The van der Waals surface area contributed by atoms with Gasteiger partial charge in [0.05, 0.1) is 12.1 Å². The molecule has 2 aromatic heterocycles. The van der Waals surface area contributed by atoms with Crippen LogP contribution in [0, 0.1) is 6.92 Å². The lowest BCUT2D eigenvalue weighted by atomic mass is 9.93. The average Bonchev–Trinajstić information content (AvgIpc) is 3.26. The maximum Gasteiger partial charge on any atom is 0.192 e. The molecule has 0 aliphatic heterocycles. The second-order valence-electron chi connectivity index (χ2n) is 6.90. The molecule has 0 atom stereocenters. The third-order valence-corrected chi connectivity index (χ3v) is 5.46. The van der Waals surface area contributed by atoms with Crippen LogP contribution in [0.15, 0.2) is 22.5 Å². The van der Waals surface area contributed by atoms with Gasteiger partial charge in [-0.25, -0.2) is 4.99 Å². The second kappa shape index (κ2) is 12.4. The van der Waals surface area contributed by atoms with Gasteiger partial charge in [0.25, 0.3) is 0 Å². The molecule has 0 radical (unpaired) electrons. The van der Waals surface area contributed by atoms with Crippen molar-refractivity contribution in [3.05, 3.63) is 34.0 Å². The molecule has 0 amide bonds. The summed E-state index contributed by atoms with van der Waals surface area (Å²) in [6.45, 7) is 7.72. The Morgan fingerprint density at radius 2 is 1.96 bits per heavy atom. The number of nitrogens with zero attached hydrogens (tertiary/aromatic N) is 4. The molecule has 0 fully saturated rings. The topological polar surface area (TPSA) is 87.4 Å². The highest BCUT2D eigenvalue weighted by Crippen LogP contribution is 2.18. The molecule has 0 unspecified atom stereocenters. The van der Waals surface area contributed by atoms with Gasteiger partial charge in [0.2, 0.25) is 0 Å². The first-order valence-corrected chi connectivity index (χ1v) is 10.5. The summed E-state index contributed by atoms with van der Waals surface area (Å²) in [6.07, 6.45) is 3.44. The highest BCUT2D eigenvalue weighted by molar-refractivity contribution is 14.0. The lowest BCUT2D eigenvalue weighted by molar-refractivity contribution is 0.0257. The molecule has 3 N–H and O–H groups in total. The zero-order chi connectivity index (χ0) is 19.7. The van der Waals surface area contributed by atoms with Crippen molar-refractivity contribution < 1.29 is 5.11 Å². The summed E-state index contributed by atoms with van der Waals surface area (Å²) in [6, 6.07) is 4.13. The quantitative estimate of drug-likeness (QED) is 0.254. The van der Waals surface area contributed by atoms with Crippen LogP contribution in [0.1, 0.15) is 56.1 Å². The van der Waals surface area contributed by atoms with Crippen LogP contribution < -0.4 is 10.6 Å². The van der Waals surface area contributed by atoms with E-state index in [2.05, 4.69) is 51.1 Å². The predicted octanol–water partition coefficient (Wildman–Crippen LogP) is 3.37. The van der Waals surface area contributed by atoms with E-state index in [0.29, 0.717) is 25.6 Å². The molecular formula is C19H33IN6OS. The van der Waals surface area contributed by atoms with Gasteiger partial charge in [0, 0.05) is 18.5 Å². The molecule has 7 nitrogen and oxygen atoms in total. The Morgan fingerprint density at radius 1 is 1.25 bits per heavy atom. The largest absolute Gasteiger partial charge is 0.388 e. The molecule has 0 spiro atoms. The Kier molecular flexibility index (Phi) is 11.0. The second-order valence-corrected chi connectivity index (χ2v) is 7.93. The van der Waals surface area contributed by atoms with Gasteiger partial charge in [-0.05, 0) is 31.2 Å². The van der Waals surface area contributed by atoms with Crippen molar-refractivity contribution in [2.24, 2.45) is 12.0 Å². The van der Waals surface area contributed by atoms with E-state index in [0.717, 1.165) is 37.3 Å². The molecule has 2 heterocycles. The summed E-state index contributed by atoms with van der Waals surface area (Å²) < 4.78 is 1.94. The molecule has 0 aliphatic rings. The third kappa shape index (κ3) is 7.67. The van der Waals surface area contributed by atoms with E-state index in [-0.39, 0.29) is 24.0 Å². The molecule has 9 heteroatoms. The van der Waals surface area contributed by atoms with E-state index in [1.165, 1.54) is 4.88 Å². The lowest BCUT2D eigenvalue weighted by Crippen LogP contribution is -2.47. The Bertz CT molecular complexity index is 710. The summed E-state index contributed by atoms with van der Waals surface area (Å²) in [7, 11) is 1.94. The molecule has 0 aliphatic carbocycles. The maximum absolute atomic E-state index is 10.9.